The van der Waals surface area contributed by atoms with Crippen LogP contribution in [0.25, 0.3) is 0 Å². The quantitative estimate of drug-likeness (QED) is 0.772. The minimum atomic E-state index is 0.00840. The molecule has 3 nitrogen and oxygen atoms in total. The number of hydrogen-bond donors (Lipinski definition) is 2. The predicted molar refractivity (Wildman–Crippen MR) is 81.4 cm³/mol. The summed E-state index contributed by atoms with van der Waals surface area (Å²) in [6, 6.07) is 8.22. The Morgan fingerprint density at radius 3 is 2.63 bits per heavy atom. The van der Waals surface area contributed by atoms with Crippen LogP contribution in [0, 0.1) is 0 Å². The van der Waals surface area contributed by atoms with Gasteiger partial charge in [0.1, 0.15) is 0 Å². The van der Waals surface area contributed by atoms with Crippen molar-refractivity contribution in [2.24, 2.45) is 5.73 Å². The van der Waals surface area contributed by atoms with Crippen LogP contribution in [0.2, 0.25) is 5.02 Å². The molecule has 0 aliphatic heterocycles. The van der Waals surface area contributed by atoms with Gasteiger partial charge in [0.05, 0.1) is 0 Å². The molecular formula is C15H25ClN2O. The van der Waals surface area contributed by atoms with Crippen molar-refractivity contribution in [1.29, 1.82) is 0 Å². The van der Waals surface area contributed by atoms with Crippen molar-refractivity contribution in [2.75, 3.05) is 19.7 Å². The molecule has 3 N–H and O–H groups in total. The Bertz CT molecular complexity index is 371. The molecule has 0 radical (unpaired) electrons. The topological polar surface area (TPSA) is 49.5 Å². The smallest absolute Gasteiger partial charge is 0.0443 e. The van der Waals surface area contributed by atoms with Gasteiger partial charge >= 0.3 is 0 Å². The first-order valence-electron chi connectivity index (χ1n) is 6.90. The molecule has 1 rings (SSSR count). The van der Waals surface area contributed by atoms with E-state index in [1.165, 1.54) is 0 Å². The zero-order chi connectivity index (χ0) is 14.3. The van der Waals surface area contributed by atoms with Crippen molar-refractivity contribution in [3.05, 3.63) is 34.9 Å². The van der Waals surface area contributed by atoms with Crippen LogP contribution < -0.4 is 5.73 Å². The number of benzene rings is 1. The van der Waals surface area contributed by atoms with Gasteiger partial charge in [-0.3, -0.25) is 0 Å². The van der Waals surface area contributed by atoms with E-state index in [0.717, 1.165) is 36.5 Å². The monoisotopic (exact) mass is 284 g/mol. The standard InChI is InChI=1S/C15H25ClN2O/c1-12(2)18(8-4-10-19)9-7-15(17)13-5-3-6-14(16)11-13/h3,5-6,11-12,15,19H,4,7-10,17H2,1-2H3. The summed E-state index contributed by atoms with van der Waals surface area (Å²) < 4.78 is 0. The van der Waals surface area contributed by atoms with Crippen molar-refractivity contribution < 1.29 is 5.11 Å². The second-order valence-corrected chi connectivity index (χ2v) is 5.59. The third kappa shape index (κ3) is 5.91. The van der Waals surface area contributed by atoms with Crippen molar-refractivity contribution in [3.63, 3.8) is 0 Å². The summed E-state index contributed by atoms with van der Waals surface area (Å²) in [4.78, 5) is 2.35. The van der Waals surface area contributed by atoms with E-state index in [-0.39, 0.29) is 12.6 Å². The third-order valence-corrected chi connectivity index (χ3v) is 3.57. The molecule has 0 amide bonds. The zero-order valence-corrected chi connectivity index (χ0v) is 12.6. The van der Waals surface area contributed by atoms with Crippen LogP contribution in [0.15, 0.2) is 24.3 Å². The molecule has 0 saturated carbocycles. The van der Waals surface area contributed by atoms with E-state index in [9.17, 15) is 0 Å². The first-order valence-corrected chi connectivity index (χ1v) is 7.28. The van der Waals surface area contributed by atoms with Crippen LogP contribution in [0.3, 0.4) is 0 Å². The largest absolute Gasteiger partial charge is 0.396 e. The lowest BCUT2D eigenvalue weighted by Gasteiger charge is -2.27. The number of rotatable bonds is 8. The molecule has 0 spiro atoms. The lowest BCUT2D eigenvalue weighted by Crippen LogP contribution is -2.34. The van der Waals surface area contributed by atoms with Gasteiger partial charge in [-0.15, -0.1) is 0 Å². The van der Waals surface area contributed by atoms with E-state index in [2.05, 4.69) is 18.7 Å². The summed E-state index contributed by atoms with van der Waals surface area (Å²) in [5.74, 6) is 0. The minimum absolute atomic E-state index is 0.00840. The SMILES string of the molecule is CC(C)N(CCCO)CCC(N)c1cccc(Cl)c1. The van der Waals surface area contributed by atoms with Gasteiger partial charge in [-0.1, -0.05) is 23.7 Å². The van der Waals surface area contributed by atoms with E-state index in [1.807, 2.05) is 24.3 Å². The molecule has 0 bridgehead atoms. The van der Waals surface area contributed by atoms with Crippen LogP contribution in [0.5, 0.6) is 0 Å². The number of halogens is 1. The molecule has 108 valence electrons. The molecule has 19 heavy (non-hydrogen) atoms. The lowest BCUT2D eigenvalue weighted by atomic mass is 10.0. The highest BCUT2D eigenvalue weighted by molar-refractivity contribution is 6.30. The van der Waals surface area contributed by atoms with Gasteiger partial charge in [0, 0.05) is 36.8 Å². The molecule has 0 aliphatic rings. The maximum absolute atomic E-state index is 8.92. The molecule has 1 atom stereocenters. The van der Waals surface area contributed by atoms with E-state index in [1.54, 1.807) is 0 Å². The number of nitrogens with two attached hydrogens (primary N) is 1. The minimum Gasteiger partial charge on any atom is -0.396 e. The Morgan fingerprint density at radius 1 is 1.32 bits per heavy atom. The fourth-order valence-corrected chi connectivity index (χ4v) is 2.31. The summed E-state index contributed by atoms with van der Waals surface area (Å²) in [6.45, 7) is 6.43. The molecule has 0 aromatic heterocycles. The Labute approximate surface area is 121 Å². The highest BCUT2D eigenvalue weighted by Crippen LogP contribution is 2.19. The van der Waals surface area contributed by atoms with Gasteiger partial charge < -0.3 is 15.7 Å². The average molecular weight is 285 g/mol. The fraction of sp³-hybridized carbons (Fsp3) is 0.600. The Morgan fingerprint density at radius 2 is 2.05 bits per heavy atom. The summed E-state index contributed by atoms with van der Waals surface area (Å²) in [7, 11) is 0. The Hall–Kier alpha value is -0.610. The van der Waals surface area contributed by atoms with Gasteiger partial charge in [0.2, 0.25) is 0 Å². The highest BCUT2D eigenvalue weighted by atomic mass is 35.5. The van der Waals surface area contributed by atoms with E-state index in [4.69, 9.17) is 22.4 Å². The normalized spacial score (nSPS) is 13.2. The van der Waals surface area contributed by atoms with E-state index >= 15 is 0 Å². The highest BCUT2D eigenvalue weighted by Gasteiger charge is 2.12. The second-order valence-electron chi connectivity index (χ2n) is 5.16. The van der Waals surface area contributed by atoms with E-state index < -0.39 is 0 Å². The Kier molecular flexibility index (Phi) is 7.39. The summed E-state index contributed by atoms with van der Waals surface area (Å²) in [5.41, 5.74) is 7.29. The fourth-order valence-electron chi connectivity index (χ4n) is 2.11. The first kappa shape index (κ1) is 16.4. The summed E-state index contributed by atoms with van der Waals surface area (Å²) in [6.07, 6.45) is 1.70. The number of nitrogens with zero attached hydrogens (tertiary/aromatic N) is 1. The summed E-state index contributed by atoms with van der Waals surface area (Å²) in [5, 5.41) is 9.65. The van der Waals surface area contributed by atoms with Gasteiger partial charge in [0.25, 0.3) is 0 Å². The van der Waals surface area contributed by atoms with Crippen LogP contribution >= 0.6 is 11.6 Å². The van der Waals surface area contributed by atoms with E-state index in [0.29, 0.717) is 6.04 Å². The van der Waals surface area contributed by atoms with Crippen LogP contribution in [0.1, 0.15) is 38.3 Å². The van der Waals surface area contributed by atoms with Crippen LogP contribution in [-0.4, -0.2) is 35.7 Å². The van der Waals surface area contributed by atoms with Crippen molar-refractivity contribution in [2.45, 2.75) is 38.8 Å². The number of aliphatic hydroxyl groups is 1. The first-order chi connectivity index (χ1) is 9.04. The molecule has 1 unspecified atom stereocenters. The number of hydrogen-bond acceptors (Lipinski definition) is 3. The lowest BCUT2D eigenvalue weighted by molar-refractivity contribution is 0.186. The maximum Gasteiger partial charge on any atom is 0.0443 e. The molecule has 1 aromatic rings. The van der Waals surface area contributed by atoms with Crippen LogP contribution in [-0.2, 0) is 0 Å². The molecule has 0 saturated heterocycles. The molecule has 0 heterocycles. The second kappa shape index (κ2) is 8.54. The predicted octanol–water partition coefficient (Wildman–Crippen LogP) is 2.82. The van der Waals surface area contributed by atoms with Gasteiger partial charge in [0.15, 0.2) is 0 Å². The van der Waals surface area contributed by atoms with Crippen LogP contribution in [0.4, 0.5) is 0 Å². The van der Waals surface area contributed by atoms with Crippen molar-refractivity contribution in [1.82, 2.24) is 4.90 Å². The third-order valence-electron chi connectivity index (χ3n) is 3.34. The molecule has 4 heteroatoms. The van der Waals surface area contributed by atoms with Crippen molar-refractivity contribution in [3.8, 4) is 0 Å². The molecule has 0 aliphatic carbocycles. The van der Waals surface area contributed by atoms with Gasteiger partial charge in [-0.2, -0.15) is 0 Å². The zero-order valence-electron chi connectivity index (χ0n) is 11.8. The van der Waals surface area contributed by atoms with Gasteiger partial charge in [-0.05, 0) is 44.4 Å². The summed E-state index contributed by atoms with van der Waals surface area (Å²) >= 11 is 5.98. The van der Waals surface area contributed by atoms with Gasteiger partial charge in [-0.25, -0.2) is 0 Å². The maximum atomic E-state index is 8.92. The molecule has 1 aromatic carbocycles. The number of aliphatic hydroxyl groups excluding tert-OH is 1. The van der Waals surface area contributed by atoms with Crippen molar-refractivity contribution >= 4 is 11.6 Å². The average Bonchev–Trinajstić information content (AvgIpc) is 2.38. The molecular weight excluding hydrogens is 260 g/mol. The molecule has 0 fully saturated rings. The Balaban J connectivity index is 2.49.